The number of phenols is 1. The van der Waals surface area contributed by atoms with Crippen LogP contribution in [0.4, 0.5) is 0 Å². The molecule has 1 aromatic rings. The van der Waals surface area contributed by atoms with Crippen LogP contribution in [-0.2, 0) is 19.3 Å². The molecule has 0 unspecified atom stereocenters. The molecule has 0 saturated carbocycles. The fourth-order valence-electron chi connectivity index (χ4n) is 2.76. The Bertz CT molecular complexity index is 449. The van der Waals surface area contributed by atoms with Crippen molar-refractivity contribution in [3.63, 3.8) is 0 Å². The number of phenolic OH excluding ortho intramolecular Hbond substituents is 1. The van der Waals surface area contributed by atoms with Gasteiger partial charge in [0.2, 0.25) is 0 Å². The highest BCUT2D eigenvalue weighted by molar-refractivity contribution is 6.32. The number of halogens is 1. The summed E-state index contributed by atoms with van der Waals surface area (Å²) in [5, 5.41) is 10.7. The van der Waals surface area contributed by atoms with E-state index in [1.807, 2.05) is 19.9 Å². The van der Waals surface area contributed by atoms with Gasteiger partial charge in [-0.25, -0.2) is 0 Å². The summed E-state index contributed by atoms with van der Waals surface area (Å²) in [5.74, 6) is 0.232. The molecule has 0 bridgehead atoms. The smallest absolute Gasteiger partial charge is 0.137 e. The van der Waals surface area contributed by atoms with E-state index in [1.165, 1.54) is 30.4 Å². The summed E-state index contributed by atoms with van der Waals surface area (Å²) >= 11 is 6.14. The van der Waals surface area contributed by atoms with Gasteiger partial charge >= 0.3 is 0 Å². The fraction of sp³-hybridized carbons (Fsp3) is 0.600. The Hall–Kier alpha value is -0.730. The summed E-state index contributed by atoms with van der Waals surface area (Å²) in [6.07, 6.45) is 6.41. The Morgan fingerprint density at radius 1 is 1.28 bits per heavy atom. The average molecular weight is 268 g/mol. The van der Waals surface area contributed by atoms with Crippen molar-refractivity contribution >= 4 is 11.6 Å². The number of nitrogens with two attached hydrogens (primary N) is 1. The van der Waals surface area contributed by atoms with Gasteiger partial charge in [-0.2, -0.15) is 0 Å². The number of fused-ring (bicyclic) bond motifs is 1. The lowest BCUT2D eigenvalue weighted by Crippen LogP contribution is -2.35. The predicted molar refractivity (Wildman–Crippen MR) is 76.3 cm³/mol. The van der Waals surface area contributed by atoms with Crippen molar-refractivity contribution in [3.8, 4) is 5.75 Å². The second-order valence-corrected chi connectivity index (χ2v) is 6.46. The van der Waals surface area contributed by atoms with Crippen LogP contribution in [0, 0.1) is 0 Å². The molecular weight excluding hydrogens is 246 g/mol. The van der Waals surface area contributed by atoms with Gasteiger partial charge in [-0.1, -0.05) is 18.0 Å². The van der Waals surface area contributed by atoms with Gasteiger partial charge in [-0.15, -0.1) is 0 Å². The molecule has 0 atom stereocenters. The lowest BCUT2D eigenvalue weighted by Gasteiger charge is -2.23. The highest BCUT2D eigenvalue weighted by atomic mass is 35.5. The van der Waals surface area contributed by atoms with E-state index < -0.39 is 0 Å². The van der Waals surface area contributed by atoms with E-state index in [-0.39, 0.29) is 11.3 Å². The number of aryl methyl sites for hydroxylation is 1. The Kier molecular flexibility index (Phi) is 3.88. The second-order valence-electron chi connectivity index (χ2n) is 6.05. The summed E-state index contributed by atoms with van der Waals surface area (Å²) in [5.41, 5.74) is 9.32. The van der Waals surface area contributed by atoms with Crippen molar-refractivity contribution in [2.24, 2.45) is 5.73 Å². The Morgan fingerprint density at radius 3 is 2.61 bits per heavy atom. The maximum atomic E-state index is 10.2. The molecule has 3 heteroatoms. The Labute approximate surface area is 114 Å². The monoisotopic (exact) mass is 267 g/mol. The molecule has 0 saturated heterocycles. The van der Waals surface area contributed by atoms with Crippen molar-refractivity contribution in [1.29, 1.82) is 0 Å². The second kappa shape index (κ2) is 5.10. The van der Waals surface area contributed by atoms with Gasteiger partial charge in [0, 0.05) is 11.1 Å². The van der Waals surface area contributed by atoms with Crippen LogP contribution >= 0.6 is 11.6 Å². The summed E-state index contributed by atoms with van der Waals surface area (Å²) in [7, 11) is 0. The van der Waals surface area contributed by atoms with Gasteiger partial charge in [0.25, 0.3) is 0 Å². The zero-order chi connectivity index (χ0) is 13.3. The molecule has 0 aromatic heterocycles. The van der Waals surface area contributed by atoms with Crippen LogP contribution in [0.5, 0.6) is 5.75 Å². The van der Waals surface area contributed by atoms with E-state index in [1.54, 1.807) is 0 Å². The quantitative estimate of drug-likeness (QED) is 0.805. The zero-order valence-electron chi connectivity index (χ0n) is 11.2. The molecule has 100 valence electrons. The van der Waals surface area contributed by atoms with E-state index >= 15 is 0 Å². The van der Waals surface area contributed by atoms with Gasteiger partial charge < -0.3 is 10.8 Å². The molecule has 18 heavy (non-hydrogen) atoms. The molecule has 0 heterocycles. The van der Waals surface area contributed by atoms with Crippen LogP contribution in [0.2, 0.25) is 5.02 Å². The van der Waals surface area contributed by atoms with Crippen molar-refractivity contribution in [2.75, 3.05) is 0 Å². The maximum Gasteiger partial charge on any atom is 0.137 e. The highest BCUT2D eigenvalue weighted by Crippen LogP contribution is 2.37. The van der Waals surface area contributed by atoms with E-state index in [4.69, 9.17) is 17.3 Å². The number of aromatic hydroxyl groups is 1. The fourth-order valence-corrected chi connectivity index (χ4v) is 3.01. The first-order valence-corrected chi connectivity index (χ1v) is 7.07. The first kappa shape index (κ1) is 13.7. The molecule has 2 nitrogen and oxygen atoms in total. The molecule has 0 amide bonds. The molecular formula is C15H22ClNO. The molecule has 0 aliphatic heterocycles. The Balaban J connectivity index is 2.51. The SMILES string of the molecule is CC(C)(N)Cc1c(O)c(Cl)cc2c1CCCCC2. The van der Waals surface area contributed by atoms with Gasteiger partial charge in [0.15, 0.2) is 0 Å². The number of benzene rings is 1. The molecule has 0 spiro atoms. The van der Waals surface area contributed by atoms with Crippen LogP contribution < -0.4 is 5.73 Å². The standard InChI is InChI=1S/C15H22ClNO/c1-15(2,17)9-12-11-7-5-3-4-6-10(11)8-13(16)14(12)18/h8,18H,3-7,9,17H2,1-2H3. The average Bonchev–Trinajstić information content (AvgIpc) is 2.48. The van der Waals surface area contributed by atoms with Crippen molar-refractivity contribution in [1.82, 2.24) is 0 Å². The third kappa shape index (κ3) is 2.99. The van der Waals surface area contributed by atoms with Gasteiger partial charge in [-0.3, -0.25) is 0 Å². The van der Waals surface area contributed by atoms with E-state index in [0.29, 0.717) is 11.4 Å². The molecule has 1 aliphatic rings. The van der Waals surface area contributed by atoms with Crippen molar-refractivity contribution in [2.45, 2.75) is 57.9 Å². The van der Waals surface area contributed by atoms with Crippen molar-refractivity contribution in [3.05, 3.63) is 27.8 Å². The van der Waals surface area contributed by atoms with E-state index in [2.05, 4.69) is 0 Å². The van der Waals surface area contributed by atoms with Gasteiger partial charge in [0.1, 0.15) is 5.75 Å². The molecule has 3 N–H and O–H groups in total. The summed E-state index contributed by atoms with van der Waals surface area (Å²) in [4.78, 5) is 0. The number of hydrogen-bond donors (Lipinski definition) is 2. The predicted octanol–water partition coefficient (Wildman–Crippen LogP) is 3.59. The lowest BCUT2D eigenvalue weighted by atomic mass is 9.88. The molecule has 0 radical (unpaired) electrons. The van der Waals surface area contributed by atoms with Crippen LogP contribution in [-0.4, -0.2) is 10.6 Å². The van der Waals surface area contributed by atoms with Crippen LogP contribution in [0.15, 0.2) is 6.07 Å². The summed E-state index contributed by atoms with van der Waals surface area (Å²) in [6, 6.07) is 1.94. The first-order chi connectivity index (χ1) is 8.38. The highest BCUT2D eigenvalue weighted by Gasteiger charge is 2.22. The Morgan fingerprint density at radius 2 is 1.94 bits per heavy atom. The van der Waals surface area contributed by atoms with Crippen molar-refractivity contribution < 1.29 is 5.11 Å². The normalized spacial score (nSPS) is 16.2. The van der Waals surface area contributed by atoms with E-state index in [0.717, 1.165) is 18.4 Å². The molecule has 0 fully saturated rings. The molecule has 1 aromatic carbocycles. The minimum atomic E-state index is -0.331. The lowest BCUT2D eigenvalue weighted by molar-refractivity contribution is 0.447. The van der Waals surface area contributed by atoms with Crippen LogP contribution in [0.25, 0.3) is 0 Å². The van der Waals surface area contributed by atoms with Crippen LogP contribution in [0.1, 0.15) is 49.8 Å². The van der Waals surface area contributed by atoms with Crippen LogP contribution in [0.3, 0.4) is 0 Å². The zero-order valence-corrected chi connectivity index (χ0v) is 12.0. The molecule has 2 rings (SSSR count). The third-order valence-corrected chi connectivity index (χ3v) is 3.86. The topological polar surface area (TPSA) is 46.2 Å². The largest absolute Gasteiger partial charge is 0.506 e. The summed E-state index contributed by atoms with van der Waals surface area (Å²) in [6.45, 7) is 3.97. The van der Waals surface area contributed by atoms with E-state index in [9.17, 15) is 5.11 Å². The first-order valence-electron chi connectivity index (χ1n) is 6.69. The maximum absolute atomic E-state index is 10.2. The van der Waals surface area contributed by atoms with Gasteiger partial charge in [-0.05, 0) is 63.1 Å². The molecule has 1 aliphatic carbocycles. The number of rotatable bonds is 2. The number of hydrogen-bond acceptors (Lipinski definition) is 2. The summed E-state index contributed by atoms with van der Waals surface area (Å²) < 4.78 is 0. The minimum absolute atomic E-state index is 0.232. The minimum Gasteiger partial charge on any atom is -0.506 e. The third-order valence-electron chi connectivity index (χ3n) is 3.57. The van der Waals surface area contributed by atoms with Gasteiger partial charge in [0.05, 0.1) is 5.02 Å².